The van der Waals surface area contributed by atoms with Crippen molar-refractivity contribution < 1.29 is 45.0 Å². The van der Waals surface area contributed by atoms with Gasteiger partial charge in [-0.2, -0.15) is 0 Å². The first kappa shape index (κ1) is 49.5. The second kappa shape index (κ2) is 23.8. The van der Waals surface area contributed by atoms with Crippen LogP contribution in [0.4, 0.5) is 26.3 Å². The van der Waals surface area contributed by atoms with Crippen molar-refractivity contribution in [2.45, 2.75) is 170 Å². The number of halogens is 6. The van der Waals surface area contributed by atoms with Gasteiger partial charge in [0.05, 0.1) is 0 Å². The van der Waals surface area contributed by atoms with Gasteiger partial charge in [0.25, 0.3) is 0 Å². The quantitative estimate of drug-likeness (QED) is 0.0654. The molecule has 292 valence electrons. The molecule has 0 amide bonds. The third-order valence-electron chi connectivity index (χ3n) is 9.76. The predicted octanol–water partition coefficient (Wildman–Crippen LogP) is 13.5. The van der Waals surface area contributed by atoms with Gasteiger partial charge in [0, 0.05) is 0 Å². The maximum absolute atomic E-state index is 13.0. The fourth-order valence-corrected chi connectivity index (χ4v) is 20.2. The number of rotatable bonds is 26. The summed E-state index contributed by atoms with van der Waals surface area (Å²) in [5.41, 5.74) is 0. The van der Waals surface area contributed by atoms with Crippen molar-refractivity contribution in [3.8, 4) is 0 Å². The molecule has 0 fully saturated rings. The van der Waals surface area contributed by atoms with E-state index in [1.807, 2.05) is 55.4 Å². The molecule has 0 bridgehead atoms. The molecule has 12 heteroatoms. The van der Waals surface area contributed by atoms with Crippen molar-refractivity contribution in [1.29, 1.82) is 0 Å². The summed E-state index contributed by atoms with van der Waals surface area (Å²) >= 11 is 0. The summed E-state index contributed by atoms with van der Waals surface area (Å²) in [6, 6.07) is 0. The summed E-state index contributed by atoms with van der Waals surface area (Å²) in [6.45, 7) is 9.97. The predicted molar refractivity (Wildman–Crippen MR) is 196 cm³/mol. The zero-order valence-electron chi connectivity index (χ0n) is 31.8. The Morgan fingerprint density at radius 2 is 0.521 bits per heavy atom. The van der Waals surface area contributed by atoms with E-state index < -0.39 is 38.0 Å². The van der Waals surface area contributed by atoms with Crippen LogP contribution in [0.2, 0.25) is 0 Å². The van der Waals surface area contributed by atoms with Gasteiger partial charge in [-0.1, -0.05) is 0 Å². The second-order valence-electron chi connectivity index (χ2n) is 14.1. The summed E-state index contributed by atoms with van der Waals surface area (Å²) in [7, 11) is 0. The van der Waals surface area contributed by atoms with E-state index in [4.69, 9.17) is 9.05 Å². The maximum atomic E-state index is 13.0. The van der Waals surface area contributed by atoms with Crippen LogP contribution in [0.1, 0.15) is 158 Å². The number of unbranched alkanes of at least 4 members (excludes halogenated alkanes) is 8. The molecular formula is C36H72F6O4P2. The molecule has 0 saturated carbocycles. The number of hydrogen-bond donors (Lipinski definition) is 0. The topological polar surface area (TPSA) is 52.6 Å². The van der Waals surface area contributed by atoms with Crippen molar-refractivity contribution in [1.82, 2.24) is 0 Å². The Morgan fingerprint density at radius 3 is 0.625 bits per heavy atom. The van der Waals surface area contributed by atoms with E-state index in [9.17, 15) is 35.9 Å². The molecule has 0 rings (SSSR count). The minimum absolute atomic E-state index is 0.657. The molecule has 0 N–H and O–H groups in total. The van der Waals surface area contributed by atoms with Crippen LogP contribution in [0, 0.1) is 0 Å². The molecular weight excluding hydrogens is 672 g/mol. The van der Waals surface area contributed by atoms with E-state index in [0.717, 1.165) is 103 Å². The van der Waals surface area contributed by atoms with Crippen molar-refractivity contribution in [2.24, 2.45) is 0 Å². The van der Waals surface area contributed by atoms with E-state index >= 15 is 0 Å². The van der Waals surface area contributed by atoms with Gasteiger partial charge >= 0.3 is 290 Å². The number of carbonyl (C=O) groups is 2. The summed E-state index contributed by atoms with van der Waals surface area (Å²) in [5.74, 6) is -3.92. The summed E-state index contributed by atoms with van der Waals surface area (Å²) in [6.07, 6.45) is 9.38. The molecule has 0 atom stereocenters. The molecule has 0 aliphatic carbocycles. The zero-order chi connectivity index (χ0) is 37.4. The molecule has 0 heterocycles. The van der Waals surface area contributed by atoms with E-state index in [2.05, 4.69) is 0 Å². The molecule has 4 nitrogen and oxygen atoms in total. The third-order valence-corrected chi connectivity index (χ3v) is 22.7. The van der Waals surface area contributed by atoms with Gasteiger partial charge in [-0.3, -0.25) is 0 Å². The molecule has 0 aliphatic heterocycles. The molecule has 0 aromatic heterocycles. The molecule has 0 radical (unpaired) electrons. The van der Waals surface area contributed by atoms with Crippen LogP contribution in [0.25, 0.3) is 0 Å². The van der Waals surface area contributed by atoms with E-state index in [-0.39, 0.29) is 0 Å². The average Bonchev–Trinajstić information content (AvgIpc) is 3.04. The van der Waals surface area contributed by atoms with Gasteiger partial charge < -0.3 is 0 Å². The fraction of sp³-hybridized carbons (Fsp3) is 0.944. The third kappa shape index (κ3) is 17.5. The van der Waals surface area contributed by atoms with E-state index in [1.165, 1.54) is 0 Å². The number of carbonyl (C=O) groups excluding carboxylic acids is 2. The Hall–Kier alpha value is -0.620. The monoisotopic (exact) mass is 744 g/mol. The first-order valence-electron chi connectivity index (χ1n) is 19.0. The zero-order valence-corrected chi connectivity index (χ0v) is 33.6. The Kier molecular flexibility index (Phi) is 24.5. The molecule has 0 spiro atoms. The van der Waals surface area contributed by atoms with Crippen LogP contribution in [-0.4, -0.2) is 73.6 Å². The molecule has 48 heavy (non-hydrogen) atoms. The standard InChI is InChI=1S/2C18H36F3O2P/c2*1-5-9-13-24(14-10-6-2,15-11-7-3,16-12-8-4)23-17(22)18(19,20)21/h2*5-16H2,1-4H3. The van der Waals surface area contributed by atoms with Gasteiger partial charge in [-0.15, -0.1) is 0 Å². The first-order chi connectivity index (χ1) is 22.4. The van der Waals surface area contributed by atoms with E-state index in [0.29, 0.717) is 49.3 Å². The van der Waals surface area contributed by atoms with Crippen molar-refractivity contribution in [3.63, 3.8) is 0 Å². The van der Waals surface area contributed by atoms with Crippen LogP contribution in [0.3, 0.4) is 0 Å². The van der Waals surface area contributed by atoms with Gasteiger partial charge in [-0.25, -0.2) is 0 Å². The number of hydrogen-bond acceptors (Lipinski definition) is 4. The SMILES string of the molecule is CCCCP(CCCC)(CCCC)(CCCC)OC(=O)C(F)(F)F.CCCCP(CCCC)(CCCC)(CCCC)OC(=O)C(F)(F)F. The Bertz CT molecular complexity index is 723. The molecule has 0 unspecified atom stereocenters. The molecule has 0 aromatic carbocycles. The van der Waals surface area contributed by atoms with Crippen LogP contribution < -0.4 is 0 Å². The van der Waals surface area contributed by atoms with Gasteiger partial charge in [0.1, 0.15) is 0 Å². The van der Waals surface area contributed by atoms with Crippen molar-refractivity contribution in [3.05, 3.63) is 0 Å². The van der Waals surface area contributed by atoms with Crippen LogP contribution >= 0.6 is 13.7 Å². The second-order valence-corrected chi connectivity index (χ2v) is 25.5. The van der Waals surface area contributed by atoms with Gasteiger partial charge in [-0.05, 0) is 0 Å². The summed E-state index contributed by atoms with van der Waals surface area (Å²) in [5, 5.41) is 0. The molecule has 0 aliphatic rings. The Balaban J connectivity index is 0. The minimum atomic E-state index is -4.90. The Morgan fingerprint density at radius 1 is 0.375 bits per heavy atom. The molecule has 0 aromatic rings. The molecule has 0 saturated heterocycles. The fourth-order valence-electron chi connectivity index (χ4n) is 6.74. The average molecular weight is 745 g/mol. The van der Waals surface area contributed by atoms with Crippen LogP contribution in [0.15, 0.2) is 0 Å². The van der Waals surface area contributed by atoms with E-state index in [1.54, 1.807) is 0 Å². The summed E-state index contributed by atoms with van der Waals surface area (Å²) in [4.78, 5) is 23.6. The van der Waals surface area contributed by atoms with Gasteiger partial charge in [0.2, 0.25) is 0 Å². The van der Waals surface area contributed by atoms with Crippen molar-refractivity contribution >= 4 is 25.6 Å². The Labute approximate surface area is 290 Å². The normalized spacial score (nSPS) is 14.2. The van der Waals surface area contributed by atoms with Gasteiger partial charge in [0.15, 0.2) is 0 Å². The summed E-state index contributed by atoms with van der Waals surface area (Å²) < 4.78 is 89.0. The van der Waals surface area contributed by atoms with Crippen LogP contribution in [0.5, 0.6) is 0 Å². The van der Waals surface area contributed by atoms with Crippen LogP contribution in [-0.2, 0) is 18.6 Å². The number of alkyl halides is 6. The van der Waals surface area contributed by atoms with Crippen molar-refractivity contribution in [2.75, 3.05) is 49.3 Å². The first-order valence-corrected chi connectivity index (χ1v) is 24.8.